The standard InChI is InChI=1S/C27H38BrN3O4/c1-5-7-16-30(19-24-9-8-17-29(24)18-22-10-12-23(28)13-11-22)26(33)20-31(21(3)4)25(32)14-15-27(34)35-6-2/h8-13,17,21H,5-7,14-16,18-20H2,1-4H3. The van der Waals surface area contributed by atoms with Crippen molar-refractivity contribution >= 4 is 33.7 Å². The van der Waals surface area contributed by atoms with Gasteiger partial charge in [0.1, 0.15) is 0 Å². The summed E-state index contributed by atoms with van der Waals surface area (Å²) in [5.74, 6) is -0.699. The number of aromatic nitrogens is 1. The second-order valence-electron chi connectivity index (χ2n) is 8.84. The number of carbonyl (C=O) groups excluding carboxylic acids is 3. The molecule has 0 aliphatic rings. The summed E-state index contributed by atoms with van der Waals surface area (Å²) in [5, 5.41) is 0. The number of amides is 2. The first-order valence-corrected chi connectivity index (χ1v) is 13.2. The highest BCUT2D eigenvalue weighted by Gasteiger charge is 2.24. The Kier molecular flexibility index (Phi) is 12.0. The number of ether oxygens (including phenoxy) is 1. The number of carbonyl (C=O) groups is 3. The van der Waals surface area contributed by atoms with Crippen LogP contribution in [0.15, 0.2) is 47.1 Å². The third-order valence-electron chi connectivity index (χ3n) is 5.77. The molecule has 8 heteroatoms. The Labute approximate surface area is 217 Å². The zero-order valence-corrected chi connectivity index (χ0v) is 22.9. The summed E-state index contributed by atoms with van der Waals surface area (Å²) in [7, 11) is 0. The van der Waals surface area contributed by atoms with Gasteiger partial charge in [-0.1, -0.05) is 41.4 Å². The van der Waals surface area contributed by atoms with E-state index < -0.39 is 5.97 Å². The molecule has 0 radical (unpaired) electrons. The predicted molar refractivity (Wildman–Crippen MR) is 141 cm³/mol. The number of halogens is 1. The molecule has 1 aromatic carbocycles. The van der Waals surface area contributed by atoms with E-state index in [4.69, 9.17) is 4.74 Å². The van der Waals surface area contributed by atoms with Crippen molar-refractivity contribution in [2.45, 2.75) is 72.5 Å². The van der Waals surface area contributed by atoms with Gasteiger partial charge in [0, 0.05) is 41.9 Å². The zero-order chi connectivity index (χ0) is 25.8. The molecule has 2 rings (SSSR count). The minimum Gasteiger partial charge on any atom is -0.466 e. The molecule has 0 fully saturated rings. The van der Waals surface area contributed by atoms with Crippen molar-refractivity contribution in [1.82, 2.24) is 14.4 Å². The van der Waals surface area contributed by atoms with E-state index in [1.165, 1.54) is 5.56 Å². The lowest BCUT2D eigenvalue weighted by molar-refractivity contribution is -0.147. The fourth-order valence-corrected chi connectivity index (χ4v) is 4.02. The molecule has 2 aromatic rings. The number of hydrogen-bond acceptors (Lipinski definition) is 4. The lowest BCUT2D eigenvalue weighted by Gasteiger charge is -2.30. The summed E-state index contributed by atoms with van der Waals surface area (Å²) in [6.07, 6.45) is 3.94. The molecule has 0 aliphatic carbocycles. The van der Waals surface area contributed by atoms with Crippen molar-refractivity contribution in [2.24, 2.45) is 0 Å². The Morgan fingerprint density at radius 2 is 1.74 bits per heavy atom. The third-order valence-corrected chi connectivity index (χ3v) is 6.30. The summed E-state index contributed by atoms with van der Waals surface area (Å²) < 4.78 is 8.12. The number of unbranched alkanes of at least 4 members (excludes halogenated alkanes) is 1. The summed E-state index contributed by atoms with van der Waals surface area (Å²) >= 11 is 3.47. The average molecular weight is 549 g/mol. The molecule has 0 atom stereocenters. The van der Waals surface area contributed by atoms with E-state index in [1.807, 2.05) is 49.2 Å². The summed E-state index contributed by atoms with van der Waals surface area (Å²) in [4.78, 5) is 41.2. The summed E-state index contributed by atoms with van der Waals surface area (Å²) in [6.45, 7) is 9.70. The van der Waals surface area contributed by atoms with Crippen molar-refractivity contribution in [3.05, 3.63) is 58.3 Å². The van der Waals surface area contributed by atoms with Gasteiger partial charge in [-0.2, -0.15) is 0 Å². The maximum atomic E-state index is 13.4. The minimum absolute atomic E-state index is 0.00351. The molecule has 1 aromatic heterocycles. The molecule has 0 N–H and O–H groups in total. The van der Waals surface area contributed by atoms with E-state index in [1.54, 1.807) is 11.8 Å². The number of benzene rings is 1. The van der Waals surface area contributed by atoms with Crippen LogP contribution < -0.4 is 0 Å². The van der Waals surface area contributed by atoms with E-state index in [0.717, 1.165) is 29.6 Å². The van der Waals surface area contributed by atoms with E-state index in [-0.39, 0.29) is 43.8 Å². The zero-order valence-electron chi connectivity index (χ0n) is 21.3. The lowest BCUT2D eigenvalue weighted by Crippen LogP contribution is -2.46. The summed E-state index contributed by atoms with van der Waals surface area (Å²) in [6, 6.07) is 12.1. The van der Waals surface area contributed by atoms with Gasteiger partial charge in [0.2, 0.25) is 11.8 Å². The molecule has 0 unspecified atom stereocenters. The van der Waals surface area contributed by atoms with Crippen LogP contribution in [0, 0.1) is 0 Å². The quantitative estimate of drug-likeness (QED) is 0.312. The average Bonchev–Trinajstić information content (AvgIpc) is 3.26. The van der Waals surface area contributed by atoms with Crippen LogP contribution in [0.4, 0.5) is 0 Å². The Morgan fingerprint density at radius 1 is 1.03 bits per heavy atom. The molecule has 35 heavy (non-hydrogen) atoms. The molecule has 2 amide bonds. The smallest absolute Gasteiger partial charge is 0.306 e. The van der Waals surface area contributed by atoms with E-state index >= 15 is 0 Å². The van der Waals surface area contributed by atoms with E-state index in [2.05, 4.69) is 39.6 Å². The minimum atomic E-state index is -0.396. The first kappa shape index (κ1) is 28.6. The van der Waals surface area contributed by atoms with Crippen LogP contribution in [0.3, 0.4) is 0 Å². The van der Waals surface area contributed by atoms with Gasteiger partial charge < -0.3 is 19.1 Å². The topological polar surface area (TPSA) is 71.9 Å². The molecular weight excluding hydrogens is 510 g/mol. The molecule has 0 saturated heterocycles. The highest BCUT2D eigenvalue weighted by Crippen LogP contribution is 2.15. The summed E-state index contributed by atoms with van der Waals surface area (Å²) in [5.41, 5.74) is 2.22. The first-order valence-electron chi connectivity index (χ1n) is 12.4. The number of nitrogens with zero attached hydrogens (tertiary/aromatic N) is 3. The Morgan fingerprint density at radius 3 is 2.37 bits per heavy atom. The normalized spacial score (nSPS) is 10.9. The van der Waals surface area contributed by atoms with Gasteiger partial charge in [-0.25, -0.2) is 0 Å². The molecular formula is C27H38BrN3O4. The monoisotopic (exact) mass is 547 g/mol. The molecule has 0 saturated carbocycles. The van der Waals surface area contributed by atoms with Gasteiger partial charge in [0.15, 0.2) is 0 Å². The number of esters is 1. The van der Waals surface area contributed by atoms with Crippen molar-refractivity contribution in [3.63, 3.8) is 0 Å². The van der Waals surface area contributed by atoms with Crippen molar-refractivity contribution < 1.29 is 19.1 Å². The fraction of sp³-hybridized carbons (Fsp3) is 0.519. The molecule has 7 nitrogen and oxygen atoms in total. The van der Waals surface area contributed by atoms with Crippen molar-refractivity contribution in [3.8, 4) is 0 Å². The number of rotatable bonds is 14. The Hall–Kier alpha value is -2.61. The van der Waals surface area contributed by atoms with Gasteiger partial charge in [0.25, 0.3) is 0 Å². The van der Waals surface area contributed by atoms with Crippen LogP contribution in [0.1, 0.15) is 64.6 Å². The van der Waals surface area contributed by atoms with Gasteiger partial charge in [-0.15, -0.1) is 0 Å². The van der Waals surface area contributed by atoms with Crippen molar-refractivity contribution in [1.29, 1.82) is 0 Å². The lowest BCUT2D eigenvalue weighted by atomic mass is 10.2. The molecule has 1 heterocycles. The molecule has 0 spiro atoms. The highest BCUT2D eigenvalue weighted by molar-refractivity contribution is 9.10. The molecule has 192 valence electrons. The van der Waals surface area contributed by atoms with Gasteiger partial charge in [0.05, 0.1) is 26.1 Å². The Balaban J connectivity index is 2.09. The van der Waals surface area contributed by atoms with Crippen LogP contribution in [0.5, 0.6) is 0 Å². The maximum absolute atomic E-state index is 13.4. The third kappa shape index (κ3) is 9.51. The van der Waals surface area contributed by atoms with E-state index in [9.17, 15) is 14.4 Å². The maximum Gasteiger partial charge on any atom is 0.306 e. The van der Waals surface area contributed by atoms with Gasteiger partial charge in [-0.3, -0.25) is 14.4 Å². The highest BCUT2D eigenvalue weighted by atomic mass is 79.9. The second-order valence-corrected chi connectivity index (χ2v) is 9.76. The largest absolute Gasteiger partial charge is 0.466 e. The Bertz CT molecular complexity index is 956. The van der Waals surface area contributed by atoms with Crippen LogP contribution in [-0.4, -0.2) is 57.9 Å². The van der Waals surface area contributed by atoms with Crippen LogP contribution in [-0.2, 0) is 32.2 Å². The SMILES string of the molecule is CCCCN(Cc1cccn1Cc1ccc(Br)cc1)C(=O)CN(C(=O)CCC(=O)OCC)C(C)C. The molecule has 0 bridgehead atoms. The van der Waals surface area contributed by atoms with Crippen LogP contribution in [0.2, 0.25) is 0 Å². The van der Waals surface area contributed by atoms with Crippen molar-refractivity contribution in [2.75, 3.05) is 19.7 Å². The van der Waals surface area contributed by atoms with Crippen LogP contribution in [0.25, 0.3) is 0 Å². The second kappa shape index (κ2) is 14.7. The predicted octanol–water partition coefficient (Wildman–Crippen LogP) is 5.01. The first-order chi connectivity index (χ1) is 16.7. The fourth-order valence-electron chi connectivity index (χ4n) is 3.76. The van der Waals surface area contributed by atoms with Crippen LogP contribution >= 0.6 is 15.9 Å². The number of hydrogen-bond donors (Lipinski definition) is 0. The van der Waals surface area contributed by atoms with E-state index in [0.29, 0.717) is 13.1 Å². The van der Waals surface area contributed by atoms with Gasteiger partial charge in [-0.05, 0) is 57.0 Å². The van der Waals surface area contributed by atoms with Gasteiger partial charge >= 0.3 is 5.97 Å². The molecule has 0 aliphatic heterocycles.